The molecule has 2 rings (SSSR count). The Morgan fingerprint density at radius 3 is 2.76 bits per heavy atom. The van der Waals surface area contributed by atoms with E-state index in [-0.39, 0.29) is 0 Å². The Hall–Kier alpha value is -1.91. The van der Waals surface area contributed by atoms with Gasteiger partial charge in [0.15, 0.2) is 0 Å². The van der Waals surface area contributed by atoms with Crippen LogP contribution in [0.5, 0.6) is 0 Å². The van der Waals surface area contributed by atoms with Gasteiger partial charge in [-0.1, -0.05) is 6.07 Å². The molecule has 0 spiro atoms. The van der Waals surface area contributed by atoms with E-state index in [1.54, 1.807) is 11.6 Å². The predicted molar refractivity (Wildman–Crippen MR) is 62.0 cm³/mol. The number of nitrogens with zero attached hydrogens (tertiary/aromatic N) is 2. The lowest BCUT2D eigenvalue weighted by Gasteiger charge is -2.07. The monoisotopic (exact) mass is 237 g/mol. The minimum absolute atomic E-state index is 0.323. The number of benzene rings is 1. The lowest BCUT2D eigenvalue weighted by atomic mass is 10.2. The van der Waals surface area contributed by atoms with Crippen LogP contribution >= 0.6 is 0 Å². The quantitative estimate of drug-likeness (QED) is 0.889. The SMILES string of the molecule is CNc1nc(C)cn1Cc1ccc(F)cc1F. The van der Waals surface area contributed by atoms with Crippen LogP contribution in [0.4, 0.5) is 14.7 Å². The predicted octanol–water partition coefficient (Wildman–Crippen LogP) is 2.56. The Kier molecular flexibility index (Phi) is 3.08. The van der Waals surface area contributed by atoms with Gasteiger partial charge in [-0.2, -0.15) is 0 Å². The highest BCUT2D eigenvalue weighted by atomic mass is 19.1. The maximum Gasteiger partial charge on any atom is 0.203 e. The van der Waals surface area contributed by atoms with Gasteiger partial charge < -0.3 is 9.88 Å². The highest BCUT2D eigenvalue weighted by Crippen LogP contribution is 2.15. The molecule has 17 heavy (non-hydrogen) atoms. The number of hydrogen-bond acceptors (Lipinski definition) is 2. The van der Waals surface area contributed by atoms with Crippen LogP contribution in [-0.4, -0.2) is 16.6 Å². The van der Waals surface area contributed by atoms with E-state index >= 15 is 0 Å². The molecule has 90 valence electrons. The number of aryl methyl sites for hydroxylation is 1. The second kappa shape index (κ2) is 4.53. The van der Waals surface area contributed by atoms with Gasteiger partial charge in [0.25, 0.3) is 0 Å². The molecule has 0 saturated heterocycles. The summed E-state index contributed by atoms with van der Waals surface area (Å²) in [6.07, 6.45) is 1.81. The maximum atomic E-state index is 13.5. The summed E-state index contributed by atoms with van der Waals surface area (Å²) in [5.74, 6) is -0.452. The first-order valence-corrected chi connectivity index (χ1v) is 5.25. The molecule has 5 heteroatoms. The van der Waals surface area contributed by atoms with E-state index in [0.717, 1.165) is 11.8 Å². The molecule has 3 nitrogen and oxygen atoms in total. The van der Waals surface area contributed by atoms with Crippen molar-refractivity contribution in [3.63, 3.8) is 0 Å². The van der Waals surface area contributed by atoms with Crippen molar-refractivity contribution in [2.75, 3.05) is 12.4 Å². The van der Waals surface area contributed by atoms with E-state index in [1.165, 1.54) is 12.1 Å². The Bertz CT molecular complexity index is 535. The lowest BCUT2D eigenvalue weighted by Crippen LogP contribution is -2.05. The van der Waals surface area contributed by atoms with Crippen LogP contribution in [0.1, 0.15) is 11.3 Å². The second-order valence-electron chi connectivity index (χ2n) is 3.82. The first kappa shape index (κ1) is 11.6. The number of aromatic nitrogens is 2. The summed E-state index contributed by atoms with van der Waals surface area (Å²) in [6, 6.07) is 3.58. The first-order chi connectivity index (χ1) is 8.10. The Balaban J connectivity index is 2.30. The molecule has 1 aromatic carbocycles. The summed E-state index contributed by atoms with van der Waals surface area (Å²) < 4.78 is 28.0. The third-order valence-electron chi connectivity index (χ3n) is 2.48. The molecule has 0 amide bonds. The van der Waals surface area contributed by atoms with Gasteiger partial charge in [-0.3, -0.25) is 0 Å². The molecule has 0 aliphatic rings. The van der Waals surface area contributed by atoms with E-state index in [4.69, 9.17) is 0 Å². The molecule has 1 aromatic heterocycles. The van der Waals surface area contributed by atoms with E-state index < -0.39 is 11.6 Å². The Morgan fingerprint density at radius 2 is 2.12 bits per heavy atom. The molecule has 0 aliphatic carbocycles. The van der Waals surface area contributed by atoms with Gasteiger partial charge in [-0.25, -0.2) is 13.8 Å². The van der Waals surface area contributed by atoms with Gasteiger partial charge in [0.05, 0.1) is 12.2 Å². The normalized spacial score (nSPS) is 10.6. The summed E-state index contributed by atoms with van der Waals surface area (Å²) in [5.41, 5.74) is 1.28. The fourth-order valence-electron chi connectivity index (χ4n) is 1.70. The molecule has 0 saturated carbocycles. The fourth-order valence-corrected chi connectivity index (χ4v) is 1.70. The molecule has 0 bridgehead atoms. The largest absolute Gasteiger partial charge is 0.359 e. The van der Waals surface area contributed by atoms with Gasteiger partial charge in [0.1, 0.15) is 11.6 Å². The summed E-state index contributed by atoms with van der Waals surface area (Å²) in [6.45, 7) is 2.18. The first-order valence-electron chi connectivity index (χ1n) is 5.25. The highest BCUT2D eigenvalue weighted by Gasteiger charge is 2.08. The van der Waals surface area contributed by atoms with Crippen LogP contribution in [0.15, 0.2) is 24.4 Å². The average molecular weight is 237 g/mol. The second-order valence-corrected chi connectivity index (χ2v) is 3.82. The zero-order chi connectivity index (χ0) is 12.4. The minimum Gasteiger partial charge on any atom is -0.359 e. The van der Waals surface area contributed by atoms with E-state index in [2.05, 4.69) is 10.3 Å². The zero-order valence-electron chi connectivity index (χ0n) is 9.67. The number of halogens is 2. The topological polar surface area (TPSA) is 29.9 Å². The zero-order valence-corrected chi connectivity index (χ0v) is 9.67. The Labute approximate surface area is 98.1 Å². The third kappa shape index (κ3) is 2.43. The van der Waals surface area contributed by atoms with Gasteiger partial charge in [0.2, 0.25) is 5.95 Å². The van der Waals surface area contributed by atoms with Crippen LogP contribution in [-0.2, 0) is 6.54 Å². The van der Waals surface area contributed by atoms with Crippen molar-refractivity contribution < 1.29 is 8.78 Å². The number of anilines is 1. The summed E-state index contributed by atoms with van der Waals surface area (Å²) in [7, 11) is 1.75. The summed E-state index contributed by atoms with van der Waals surface area (Å²) in [4.78, 5) is 4.23. The number of hydrogen-bond donors (Lipinski definition) is 1. The van der Waals surface area contributed by atoms with Crippen LogP contribution in [0.3, 0.4) is 0 Å². The summed E-state index contributed by atoms with van der Waals surface area (Å²) >= 11 is 0. The van der Waals surface area contributed by atoms with Crippen molar-refractivity contribution in [3.8, 4) is 0 Å². The molecule has 0 radical (unpaired) electrons. The molecule has 2 aromatic rings. The van der Waals surface area contributed by atoms with Crippen molar-refractivity contribution in [1.29, 1.82) is 0 Å². The standard InChI is InChI=1S/C12H13F2N3/c1-8-6-17(12(15-2)16-8)7-9-3-4-10(13)5-11(9)14/h3-6H,7H2,1-2H3,(H,15,16). The van der Waals surface area contributed by atoms with E-state index in [9.17, 15) is 8.78 Å². The maximum absolute atomic E-state index is 13.5. The fraction of sp³-hybridized carbons (Fsp3) is 0.250. The van der Waals surface area contributed by atoms with Gasteiger partial charge in [0, 0.05) is 24.9 Å². The van der Waals surface area contributed by atoms with Crippen molar-refractivity contribution in [3.05, 3.63) is 47.3 Å². The van der Waals surface area contributed by atoms with E-state index in [0.29, 0.717) is 18.1 Å². The van der Waals surface area contributed by atoms with Crippen LogP contribution in [0.25, 0.3) is 0 Å². The van der Waals surface area contributed by atoms with Crippen molar-refractivity contribution in [1.82, 2.24) is 9.55 Å². The van der Waals surface area contributed by atoms with Crippen LogP contribution < -0.4 is 5.32 Å². The number of imidazole rings is 1. The summed E-state index contributed by atoms with van der Waals surface area (Å²) in [5, 5.41) is 2.92. The highest BCUT2D eigenvalue weighted by molar-refractivity contribution is 5.30. The van der Waals surface area contributed by atoms with Gasteiger partial charge >= 0.3 is 0 Å². The number of rotatable bonds is 3. The molecular formula is C12H13F2N3. The van der Waals surface area contributed by atoms with Crippen LogP contribution in [0.2, 0.25) is 0 Å². The van der Waals surface area contributed by atoms with E-state index in [1.807, 2.05) is 13.1 Å². The molecule has 0 aliphatic heterocycles. The van der Waals surface area contributed by atoms with Crippen molar-refractivity contribution >= 4 is 5.95 Å². The minimum atomic E-state index is -0.568. The molecule has 0 fully saturated rings. The van der Waals surface area contributed by atoms with Crippen LogP contribution in [0, 0.1) is 18.6 Å². The molecule has 1 heterocycles. The lowest BCUT2D eigenvalue weighted by molar-refractivity contribution is 0.566. The van der Waals surface area contributed by atoms with Gasteiger partial charge in [-0.05, 0) is 13.0 Å². The van der Waals surface area contributed by atoms with Crippen molar-refractivity contribution in [2.24, 2.45) is 0 Å². The average Bonchev–Trinajstić information content (AvgIpc) is 2.63. The molecule has 1 N–H and O–H groups in total. The molecule has 0 unspecified atom stereocenters. The Morgan fingerprint density at radius 1 is 1.35 bits per heavy atom. The molecule has 0 atom stereocenters. The molecular weight excluding hydrogens is 224 g/mol. The number of nitrogens with one attached hydrogen (secondary N) is 1. The van der Waals surface area contributed by atoms with Crippen molar-refractivity contribution in [2.45, 2.75) is 13.5 Å². The van der Waals surface area contributed by atoms with Gasteiger partial charge in [-0.15, -0.1) is 0 Å². The smallest absolute Gasteiger partial charge is 0.203 e. The third-order valence-corrected chi connectivity index (χ3v) is 2.48.